The lowest BCUT2D eigenvalue weighted by Gasteiger charge is -2.24. The summed E-state index contributed by atoms with van der Waals surface area (Å²) in [7, 11) is 0. The van der Waals surface area contributed by atoms with Gasteiger partial charge in [-0.25, -0.2) is 0 Å². The number of rotatable bonds is 2. The zero-order valence-corrected chi connectivity index (χ0v) is 13.4. The van der Waals surface area contributed by atoms with E-state index in [1.165, 1.54) is 4.88 Å². The fourth-order valence-electron chi connectivity index (χ4n) is 2.57. The van der Waals surface area contributed by atoms with Crippen molar-refractivity contribution < 1.29 is 4.79 Å². The van der Waals surface area contributed by atoms with Crippen molar-refractivity contribution >= 4 is 39.8 Å². The van der Waals surface area contributed by atoms with Crippen LogP contribution in [0.4, 0.5) is 0 Å². The maximum atomic E-state index is 12.6. The van der Waals surface area contributed by atoms with E-state index in [9.17, 15) is 4.79 Å². The molecule has 4 heteroatoms. The van der Waals surface area contributed by atoms with Gasteiger partial charge < -0.3 is 4.90 Å². The second-order valence-corrected chi connectivity index (χ2v) is 6.91. The van der Waals surface area contributed by atoms with Gasteiger partial charge in [0.05, 0.1) is 6.04 Å². The molecule has 1 aliphatic rings. The second kappa shape index (κ2) is 5.63. The molecule has 0 saturated carbocycles. The van der Waals surface area contributed by atoms with Crippen LogP contribution in [0, 0.1) is 3.57 Å². The first-order valence-corrected chi connectivity index (χ1v) is 8.31. The van der Waals surface area contributed by atoms with Crippen molar-refractivity contribution in [1.29, 1.82) is 0 Å². The molecule has 0 spiro atoms. The molecule has 1 atom stereocenters. The average Bonchev–Trinajstić information content (AvgIpc) is 3.08. The molecule has 1 fully saturated rings. The maximum Gasteiger partial charge on any atom is 0.254 e. The molecule has 1 aromatic carbocycles. The Hall–Kier alpha value is -0.880. The smallest absolute Gasteiger partial charge is 0.254 e. The monoisotopic (exact) mass is 383 g/mol. The Kier molecular flexibility index (Phi) is 3.88. The number of hydrogen-bond donors (Lipinski definition) is 0. The quantitative estimate of drug-likeness (QED) is 0.707. The molecule has 2 heterocycles. The topological polar surface area (TPSA) is 20.3 Å². The van der Waals surface area contributed by atoms with Gasteiger partial charge in [-0.15, -0.1) is 11.3 Å². The van der Waals surface area contributed by atoms with Crippen LogP contribution in [0.15, 0.2) is 41.8 Å². The minimum atomic E-state index is 0.161. The molecule has 1 unspecified atom stereocenters. The lowest BCUT2D eigenvalue weighted by atomic mass is 10.1. The summed E-state index contributed by atoms with van der Waals surface area (Å²) in [5.41, 5.74) is 0.801. The van der Waals surface area contributed by atoms with E-state index in [0.717, 1.165) is 28.5 Å². The lowest BCUT2D eigenvalue weighted by molar-refractivity contribution is 0.0738. The van der Waals surface area contributed by atoms with E-state index in [-0.39, 0.29) is 11.9 Å². The third-order valence-electron chi connectivity index (χ3n) is 3.46. The predicted octanol–water partition coefficient (Wildman–Crippen LogP) is 4.33. The standard InChI is InChI=1S/C15H14INOS/c16-12-5-1-4-11(10-12)15(18)17-8-2-6-13(17)14-7-3-9-19-14/h1,3-5,7,9-10,13H,2,6,8H2. The van der Waals surface area contributed by atoms with Crippen molar-refractivity contribution in [2.75, 3.05) is 6.54 Å². The number of nitrogens with zero attached hydrogens (tertiary/aromatic N) is 1. The first-order valence-electron chi connectivity index (χ1n) is 6.35. The molecule has 19 heavy (non-hydrogen) atoms. The summed E-state index contributed by atoms with van der Waals surface area (Å²) in [6, 6.07) is 12.3. The van der Waals surface area contributed by atoms with Crippen LogP contribution in [-0.4, -0.2) is 17.4 Å². The van der Waals surface area contributed by atoms with Crippen molar-refractivity contribution in [2.45, 2.75) is 18.9 Å². The molecule has 0 radical (unpaired) electrons. The van der Waals surface area contributed by atoms with Gasteiger partial charge in [0.25, 0.3) is 5.91 Å². The number of amides is 1. The lowest BCUT2D eigenvalue weighted by Crippen LogP contribution is -2.30. The van der Waals surface area contributed by atoms with Gasteiger partial charge in [-0.2, -0.15) is 0 Å². The third-order valence-corrected chi connectivity index (χ3v) is 5.10. The van der Waals surface area contributed by atoms with E-state index >= 15 is 0 Å². The number of thiophene rings is 1. The van der Waals surface area contributed by atoms with Gasteiger partial charge in [-0.1, -0.05) is 12.1 Å². The number of halogens is 1. The van der Waals surface area contributed by atoms with Crippen LogP contribution in [0.3, 0.4) is 0 Å². The Bertz CT molecular complexity index is 582. The fourth-order valence-corrected chi connectivity index (χ4v) is 3.99. The predicted molar refractivity (Wildman–Crippen MR) is 86.5 cm³/mol. The number of carbonyl (C=O) groups excluding carboxylic acids is 1. The summed E-state index contributed by atoms with van der Waals surface area (Å²) in [5.74, 6) is 0.161. The van der Waals surface area contributed by atoms with Gasteiger partial charge in [0.1, 0.15) is 0 Å². The highest BCUT2D eigenvalue weighted by Gasteiger charge is 2.31. The highest BCUT2D eigenvalue weighted by atomic mass is 127. The summed E-state index contributed by atoms with van der Waals surface area (Å²) < 4.78 is 1.11. The molecule has 0 N–H and O–H groups in total. The van der Waals surface area contributed by atoms with E-state index in [1.807, 2.05) is 29.2 Å². The van der Waals surface area contributed by atoms with Crippen molar-refractivity contribution in [3.8, 4) is 0 Å². The third kappa shape index (κ3) is 2.69. The summed E-state index contributed by atoms with van der Waals surface area (Å²) >= 11 is 3.99. The Labute approximate surface area is 130 Å². The van der Waals surface area contributed by atoms with Gasteiger partial charge in [0, 0.05) is 20.6 Å². The molecule has 1 amide bonds. The van der Waals surface area contributed by atoms with Crippen molar-refractivity contribution in [1.82, 2.24) is 4.90 Å². The maximum absolute atomic E-state index is 12.6. The number of benzene rings is 1. The van der Waals surface area contributed by atoms with Gasteiger partial charge in [-0.3, -0.25) is 4.79 Å². The molecule has 98 valence electrons. The first kappa shape index (κ1) is 13.1. The van der Waals surface area contributed by atoms with Crippen LogP contribution in [-0.2, 0) is 0 Å². The fraction of sp³-hybridized carbons (Fsp3) is 0.267. The molecule has 2 nitrogen and oxygen atoms in total. The molecule has 2 aromatic rings. The molecule has 0 bridgehead atoms. The second-order valence-electron chi connectivity index (χ2n) is 4.68. The highest BCUT2D eigenvalue weighted by molar-refractivity contribution is 14.1. The number of hydrogen-bond acceptors (Lipinski definition) is 2. The molecular formula is C15H14INOS. The average molecular weight is 383 g/mol. The van der Waals surface area contributed by atoms with Crippen LogP contribution in [0.5, 0.6) is 0 Å². The molecular weight excluding hydrogens is 369 g/mol. The van der Waals surface area contributed by atoms with E-state index in [2.05, 4.69) is 40.1 Å². The van der Waals surface area contributed by atoms with Gasteiger partial charge >= 0.3 is 0 Å². The van der Waals surface area contributed by atoms with Crippen LogP contribution >= 0.6 is 33.9 Å². The zero-order chi connectivity index (χ0) is 13.2. The van der Waals surface area contributed by atoms with Gasteiger partial charge in [0.2, 0.25) is 0 Å². The normalized spacial score (nSPS) is 18.8. The van der Waals surface area contributed by atoms with E-state index in [1.54, 1.807) is 11.3 Å². The van der Waals surface area contributed by atoms with Crippen molar-refractivity contribution in [3.05, 3.63) is 55.8 Å². The van der Waals surface area contributed by atoms with Crippen LogP contribution in [0.25, 0.3) is 0 Å². The summed E-state index contributed by atoms with van der Waals surface area (Å²) in [4.78, 5) is 16.0. The molecule has 0 aliphatic carbocycles. The summed E-state index contributed by atoms with van der Waals surface area (Å²) in [5, 5.41) is 2.09. The Balaban J connectivity index is 1.87. The van der Waals surface area contributed by atoms with E-state index in [0.29, 0.717) is 0 Å². The molecule has 1 saturated heterocycles. The minimum Gasteiger partial charge on any atom is -0.331 e. The highest BCUT2D eigenvalue weighted by Crippen LogP contribution is 2.35. The SMILES string of the molecule is O=C(c1cccc(I)c1)N1CCCC1c1cccs1. The Morgan fingerprint density at radius 2 is 2.21 bits per heavy atom. The summed E-state index contributed by atoms with van der Waals surface area (Å²) in [6.45, 7) is 0.868. The van der Waals surface area contributed by atoms with Crippen LogP contribution in [0.2, 0.25) is 0 Å². The van der Waals surface area contributed by atoms with E-state index < -0.39 is 0 Å². The minimum absolute atomic E-state index is 0.161. The first-order chi connectivity index (χ1) is 9.25. The largest absolute Gasteiger partial charge is 0.331 e. The van der Waals surface area contributed by atoms with Crippen molar-refractivity contribution in [3.63, 3.8) is 0 Å². The van der Waals surface area contributed by atoms with Crippen molar-refractivity contribution in [2.24, 2.45) is 0 Å². The Morgan fingerprint density at radius 1 is 1.32 bits per heavy atom. The zero-order valence-electron chi connectivity index (χ0n) is 10.4. The number of carbonyl (C=O) groups is 1. The number of likely N-dealkylation sites (tertiary alicyclic amines) is 1. The Morgan fingerprint density at radius 3 is 2.95 bits per heavy atom. The van der Waals surface area contributed by atoms with E-state index in [4.69, 9.17) is 0 Å². The van der Waals surface area contributed by atoms with Gasteiger partial charge in [-0.05, 0) is 65.1 Å². The van der Waals surface area contributed by atoms with Crippen LogP contribution in [0.1, 0.15) is 34.1 Å². The molecule has 3 rings (SSSR count). The molecule has 1 aromatic heterocycles. The summed E-state index contributed by atoms with van der Waals surface area (Å²) in [6.07, 6.45) is 2.18. The van der Waals surface area contributed by atoms with Crippen LogP contribution < -0.4 is 0 Å². The van der Waals surface area contributed by atoms with Gasteiger partial charge in [0.15, 0.2) is 0 Å². The molecule has 1 aliphatic heterocycles.